The molecule has 0 aromatic carbocycles. The Bertz CT molecular complexity index is 548. The monoisotopic (exact) mass is 410 g/mol. The molecule has 0 spiro atoms. The van der Waals surface area contributed by atoms with Crippen LogP contribution >= 0.6 is 0 Å². The number of nitrogens with zero attached hydrogens (tertiary/aromatic N) is 3. The van der Waals surface area contributed by atoms with E-state index in [2.05, 4.69) is 46.5 Å². The summed E-state index contributed by atoms with van der Waals surface area (Å²) < 4.78 is 5.47. The number of rotatable bonds is 8. The van der Waals surface area contributed by atoms with Crippen LogP contribution in [0.2, 0.25) is 0 Å². The summed E-state index contributed by atoms with van der Waals surface area (Å²) in [6.45, 7) is 19.9. The lowest BCUT2D eigenvalue weighted by molar-refractivity contribution is 0.0154. The van der Waals surface area contributed by atoms with E-state index < -0.39 is 11.1 Å². The van der Waals surface area contributed by atoms with E-state index in [-0.39, 0.29) is 6.09 Å². The first-order valence-corrected chi connectivity index (χ1v) is 11.2. The van der Waals surface area contributed by atoms with Crippen molar-refractivity contribution in [2.24, 2.45) is 4.99 Å². The highest BCUT2D eigenvalue weighted by Crippen LogP contribution is 2.18. The summed E-state index contributed by atoms with van der Waals surface area (Å²) in [5.74, 6) is 0.808. The molecule has 0 aromatic rings. The molecule has 0 aromatic heterocycles. The Morgan fingerprint density at radius 3 is 2.21 bits per heavy atom. The third-order valence-corrected chi connectivity index (χ3v) is 5.90. The van der Waals surface area contributed by atoms with E-state index in [1.54, 1.807) is 0 Å². The number of carbonyl (C=O) groups excluding carboxylic acids is 1. The molecule has 3 fully saturated rings. The number of piperazine rings is 3. The molecule has 8 heteroatoms. The number of ether oxygens (including phenoxy) is 1. The fourth-order valence-corrected chi connectivity index (χ4v) is 3.91. The molecular formula is C21H42N6O2. The van der Waals surface area contributed by atoms with Crippen LogP contribution in [0.4, 0.5) is 4.79 Å². The van der Waals surface area contributed by atoms with E-state index in [0.29, 0.717) is 12.6 Å². The molecule has 8 nitrogen and oxygen atoms in total. The number of guanidine groups is 1. The van der Waals surface area contributed by atoms with Gasteiger partial charge in [-0.05, 0) is 40.5 Å². The SMILES string of the molecule is CCNC(=NCC(CC)(CC)NC(=O)OC(C)(C)C)NCC1CN2CCN1CC2. The first kappa shape index (κ1) is 23.7. The van der Waals surface area contributed by atoms with E-state index in [0.717, 1.165) is 51.5 Å². The lowest BCUT2D eigenvalue weighted by Gasteiger charge is -2.47. The maximum absolute atomic E-state index is 12.3. The van der Waals surface area contributed by atoms with Crippen LogP contribution in [0.5, 0.6) is 0 Å². The zero-order valence-electron chi connectivity index (χ0n) is 19.3. The lowest BCUT2D eigenvalue weighted by atomic mass is 9.93. The molecule has 3 rings (SSSR count). The molecule has 3 saturated heterocycles. The molecule has 168 valence electrons. The molecule has 1 atom stereocenters. The number of carbonyl (C=O) groups is 1. The molecule has 2 bridgehead atoms. The number of aliphatic imine (C=N–C) groups is 1. The Kier molecular flexibility index (Phi) is 8.58. The topological polar surface area (TPSA) is 81.2 Å². The van der Waals surface area contributed by atoms with Crippen molar-refractivity contribution in [1.82, 2.24) is 25.8 Å². The smallest absolute Gasteiger partial charge is 0.408 e. The summed E-state index contributed by atoms with van der Waals surface area (Å²) >= 11 is 0. The van der Waals surface area contributed by atoms with Crippen LogP contribution in [0, 0.1) is 0 Å². The van der Waals surface area contributed by atoms with Gasteiger partial charge in [-0.25, -0.2) is 4.79 Å². The number of nitrogens with one attached hydrogen (secondary N) is 3. The highest BCUT2D eigenvalue weighted by Gasteiger charge is 2.32. The van der Waals surface area contributed by atoms with Crippen molar-refractivity contribution in [3.05, 3.63) is 0 Å². The van der Waals surface area contributed by atoms with Crippen LogP contribution in [0.1, 0.15) is 54.4 Å². The third-order valence-electron chi connectivity index (χ3n) is 5.90. The normalized spacial score (nSPS) is 24.9. The van der Waals surface area contributed by atoms with Gasteiger partial charge in [0.15, 0.2) is 5.96 Å². The number of alkyl carbamates (subject to hydrolysis) is 1. The summed E-state index contributed by atoms with van der Waals surface area (Å²) in [5, 5.41) is 9.93. The summed E-state index contributed by atoms with van der Waals surface area (Å²) in [6.07, 6.45) is 1.20. The van der Waals surface area contributed by atoms with Crippen molar-refractivity contribution in [3.63, 3.8) is 0 Å². The van der Waals surface area contributed by atoms with Gasteiger partial charge in [-0.1, -0.05) is 13.8 Å². The first-order valence-electron chi connectivity index (χ1n) is 11.2. The van der Waals surface area contributed by atoms with Gasteiger partial charge >= 0.3 is 6.09 Å². The van der Waals surface area contributed by atoms with Crippen molar-refractivity contribution in [3.8, 4) is 0 Å². The molecule has 1 amide bonds. The maximum atomic E-state index is 12.3. The molecule has 3 N–H and O–H groups in total. The number of hydrogen-bond acceptors (Lipinski definition) is 5. The van der Waals surface area contributed by atoms with Gasteiger partial charge in [0.2, 0.25) is 0 Å². The van der Waals surface area contributed by atoms with E-state index in [4.69, 9.17) is 9.73 Å². The minimum absolute atomic E-state index is 0.380. The predicted octanol–water partition coefficient (Wildman–Crippen LogP) is 1.62. The van der Waals surface area contributed by atoms with Gasteiger partial charge < -0.3 is 20.7 Å². The largest absolute Gasteiger partial charge is 0.444 e. The molecular weight excluding hydrogens is 368 g/mol. The first-order chi connectivity index (χ1) is 13.7. The van der Waals surface area contributed by atoms with E-state index >= 15 is 0 Å². The van der Waals surface area contributed by atoms with Crippen LogP contribution in [0.3, 0.4) is 0 Å². The van der Waals surface area contributed by atoms with Crippen LogP contribution in [-0.2, 0) is 4.74 Å². The molecule has 29 heavy (non-hydrogen) atoms. The van der Waals surface area contributed by atoms with Crippen molar-refractivity contribution in [1.29, 1.82) is 0 Å². The van der Waals surface area contributed by atoms with Crippen molar-refractivity contribution in [2.75, 3.05) is 52.4 Å². The summed E-state index contributed by atoms with van der Waals surface area (Å²) in [7, 11) is 0. The number of fused-ring (bicyclic) bond motifs is 3. The standard InChI is InChI=1S/C21H42N6O2/c1-7-21(8-2,25-19(28)29-20(4,5)6)16-24-18(22-9-3)23-14-17-15-26-10-12-27(17)13-11-26/h17H,7-16H2,1-6H3,(H,25,28)(H2,22,23,24). The highest BCUT2D eigenvalue weighted by molar-refractivity contribution is 5.80. The van der Waals surface area contributed by atoms with Crippen molar-refractivity contribution in [2.45, 2.75) is 71.6 Å². The van der Waals surface area contributed by atoms with Gasteiger partial charge in [-0.2, -0.15) is 0 Å². The molecule has 3 aliphatic heterocycles. The van der Waals surface area contributed by atoms with Gasteiger partial charge in [0.1, 0.15) is 5.60 Å². The molecule has 0 radical (unpaired) electrons. The van der Waals surface area contributed by atoms with Crippen LogP contribution in [0.25, 0.3) is 0 Å². The second-order valence-corrected chi connectivity index (χ2v) is 9.18. The molecule has 0 saturated carbocycles. The van der Waals surface area contributed by atoms with Gasteiger partial charge in [0.25, 0.3) is 0 Å². The van der Waals surface area contributed by atoms with Gasteiger partial charge in [-0.3, -0.25) is 14.8 Å². The zero-order valence-corrected chi connectivity index (χ0v) is 19.3. The Morgan fingerprint density at radius 1 is 1.07 bits per heavy atom. The van der Waals surface area contributed by atoms with Gasteiger partial charge in [0.05, 0.1) is 12.1 Å². The van der Waals surface area contributed by atoms with Crippen LogP contribution in [0.15, 0.2) is 4.99 Å². The summed E-state index contributed by atoms with van der Waals surface area (Å²) in [5.41, 5.74) is -0.925. The Balaban J connectivity index is 1.96. The summed E-state index contributed by atoms with van der Waals surface area (Å²) in [4.78, 5) is 22.3. The molecule has 1 unspecified atom stereocenters. The third kappa shape index (κ3) is 7.33. The minimum atomic E-state index is -0.512. The van der Waals surface area contributed by atoms with E-state index in [1.807, 2.05) is 20.8 Å². The Labute approximate surface area is 176 Å². The zero-order chi connectivity index (χ0) is 21.5. The fourth-order valence-electron chi connectivity index (χ4n) is 3.91. The van der Waals surface area contributed by atoms with Crippen molar-refractivity contribution < 1.29 is 9.53 Å². The number of hydrogen-bond donors (Lipinski definition) is 3. The summed E-state index contributed by atoms with van der Waals surface area (Å²) in [6, 6.07) is 0.531. The minimum Gasteiger partial charge on any atom is -0.444 e. The molecule has 0 aliphatic carbocycles. The quantitative estimate of drug-likeness (QED) is 0.417. The van der Waals surface area contributed by atoms with E-state index in [1.165, 1.54) is 13.1 Å². The van der Waals surface area contributed by atoms with Crippen LogP contribution in [-0.4, -0.2) is 91.4 Å². The molecule has 3 aliphatic rings. The lowest BCUT2D eigenvalue weighted by Crippen LogP contribution is -2.64. The van der Waals surface area contributed by atoms with Crippen molar-refractivity contribution >= 4 is 12.1 Å². The second-order valence-electron chi connectivity index (χ2n) is 9.18. The van der Waals surface area contributed by atoms with Crippen LogP contribution < -0.4 is 16.0 Å². The maximum Gasteiger partial charge on any atom is 0.408 e. The van der Waals surface area contributed by atoms with E-state index in [9.17, 15) is 4.79 Å². The fraction of sp³-hybridized carbons (Fsp3) is 0.905. The Hall–Kier alpha value is -1.54. The van der Waals surface area contributed by atoms with Gasteiger partial charge in [0, 0.05) is 51.9 Å². The highest BCUT2D eigenvalue weighted by atomic mass is 16.6. The van der Waals surface area contributed by atoms with Gasteiger partial charge in [-0.15, -0.1) is 0 Å². The predicted molar refractivity (Wildman–Crippen MR) is 118 cm³/mol. The Morgan fingerprint density at radius 2 is 1.72 bits per heavy atom. The average Bonchev–Trinajstić information content (AvgIpc) is 2.68. The number of amides is 1. The average molecular weight is 411 g/mol. The second kappa shape index (κ2) is 10.5. The molecule has 3 heterocycles.